The number of allylic oxidation sites excluding steroid dienone is 3. The Hall–Kier alpha value is -2.16. The first-order chi connectivity index (χ1) is 10.0. The molecular formula is C18H21NO2. The molecule has 3 nitrogen and oxygen atoms in total. The van der Waals surface area contributed by atoms with E-state index in [1.807, 2.05) is 13.0 Å². The van der Waals surface area contributed by atoms with Crippen LogP contribution in [0.4, 0.5) is 0 Å². The predicted molar refractivity (Wildman–Crippen MR) is 84.2 cm³/mol. The highest BCUT2D eigenvalue weighted by atomic mass is 16.2. The molecule has 0 unspecified atom stereocenters. The number of imide groups is 1. The highest BCUT2D eigenvalue weighted by Gasteiger charge is 2.34. The van der Waals surface area contributed by atoms with E-state index in [0.29, 0.717) is 17.7 Å². The maximum atomic E-state index is 12.2. The zero-order valence-electron chi connectivity index (χ0n) is 12.8. The van der Waals surface area contributed by atoms with Crippen LogP contribution < -0.4 is 0 Å². The molecular weight excluding hydrogens is 262 g/mol. The molecule has 1 aliphatic rings. The van der Waals surface area contributed by atoms with Gasteiger partial charge >= 0.3 is 0 Å². The lowest BCUT2D eigenvalue weighted by Gasteiger charge is -2.11. The predicted octanol–water partition coefficient (Wildman–Crippen LogP) is 3.98. The molecule has 0 radical (unpaired) electrons. The van der Waals surface area contributed by atoms with Crippen LogP contribution in [0.15, 0.2) is 47.6 Å². The molecule has 2 amide bonds. The Balaban J connectivity index is 2.00. The topological polar surface area (TPSA) is 37.4 Å². The molecule has 0 bridgehead atoms. The summed E-state index contributed by atoms with van der Waals surface area (Å²) in [5.74, 6) is -0.382. The van der Waals surface area contributed by atoms with Crippen LogP contribution in [0.3, 0.4) is 0 Å². The summed E-state index contributed by atoms with van der Waals surface area (Å²) < 4.78 is 0. The summed E-state index contributed by atoms with van der Waals surface area (Å²) in [6, 6.07) is 6.99. The van der Waals surface area contributed by atoms with E-state index in [0.717, 1.165) is 12.8 Å². The van der Waals surface area contributed by atoms with Crippen molar-refractivity contribution < 1.29 is 9.59 Å². The van der Waals surface area contributed by atoms with Gasteiger partial charge in [-0.3, -0.25) is 14.5 Å². The van der Waals surface area contributed by atoms with Crippen LogP contribution in [0.1, 0.15) is 54.3 Å². The average Bonchev–Trinajstić information content (AvgIpc) is 2.69. The smallest absolute Gasteiger partial charge is 0.261 e. The molecule has 0 aromatic heterocycles. The van der Waals surface area contributed by atoms with Gasteiger partial charge < -0.3 is 0 Å². The van der Waals surface area contributed by atoms with Gasteiger partial charge in [0.15, 0.2) is 0 Å². The van der Waals surface area contributed by atoms with Crippen molar-refractivity contribution >= 4 is 11.8 Å². The third-order valence-corrected chi connectivity index (χ3v) is 3.59. The van der Waals surface area contributed by atoms with Gasteiger partial charge in [-0.25, -0.2) is 0 Å². The summed E-state index contributed by atoms with van der Waals surface area (Å²) in [5.41, 5.74) is 3.53. The highest BCUT2D eigenvalue weighted by Crippen LogP contribution is 2.22. The van der Waals surface area contributed by atoms with Crippen molar-refractivity contribution in [2.45, 2.75) is 33.6 Å². The second-order valence-corrected chi connectivity index (χ2v) is 5.64. The van der Waals surface area contributed by atoms with E-state index in [2.05, 4.69) is 19.9 Å². The molecule has 0 fully saturated rings. The van der Waals surface area contributed by atoms with Crippen LogP contribution in [-0.4, -0.2) is 23.3 Å². The molecule has 110 valence electrons. The van der Waals surface area contributed by atoms with E-state index in [1.54, 1.807) is 24.3 Å². The van der Waals surface area contributed by atoms with Gasteiger partial charge in [0.25, 0.3) is 11.8 Å². The Kier molecular flexibility index (Phi) is 4.73. The Morgan fingerprint density at radius 3 is 2.10 bits per heavy atom. The third-order valence-electron chi connectivity index (χ3n) is 3.59. The number of benzene rings is 1. The van der Waals surface area contributed by atoms with Crippen molar-refractivity contribution in [2.75, 3.05) is 6.54 Å². The summed E-state index contributed by atoms with van der Waals surface area (Å²) in [4.78, 5) is 25.7. The van der Waals surface area contributed by atoms with E-state index in [4.69, 9.17) is 0 Å². The van der Waals surface area contributed by atoms with E-state index in [1.165, 1.54) is 16.0 Å². The summed E-state index contributed by atoms with van der Waals surface area (Å²) in [7, 11) is 0. The molecule has 21 heavy (non-hydrogen) atoms. The second kappa shape index (κ2) is 6.53. The lowest BCUT2D eigenvalue weighted by Crippen LogP contribution is -2.29. The fourth-order valence-electron chi connectivity index (χ4n) is 2.34. The summed E-state index contributed by atoms with van der Waals surface area (Å²) >= 11 is 0. The minimum Gasteiger partial charge on any atom is -0.270 e. The molecule has 2 rings (SSSR count). The van der Waals surface area contributed by atoms with Crippen LogP contribution >= 0.6 is 0 Å². The Bertz CT molecular complexity index is 587. The number of hydrogen-bond acceptors (Lipinski definition) is 2. The lowest BCUT2D eigenvalue weighted by molar-refractivity contribution is 0.0672. The molecule has 1 heterocycles. The van der Waals surface area contributed by atoms with Crippen LogP contribution in [0.5, 0.6) is 0 Å². The first-order valence-electron chi connectivity index (χ1n) is 7.25. The van der Waals surface area contributed by atoms with Gasteiger partial charge in [-0.1, -0.05) is 35.4 Å². The standard InChI is InChI=1S/C18H21NO2/c1-13(2)7-6-8-14(3)11-12-19-17(20)15-9-4-5-10-16(15)18(19)21/h4-5,7,9-11H,6,8,12H2,1-3H3/b14-11+. The van der Waals surface area contributed by atoms with Crippen molar-refractivity contribution in [3.05, 3.63) is 58.7 Å². The number of nitrogens with zero attached hydrogens (tertiary/aromatic N) is 1. The normalized spacial score (nSPS) is 14.4. The van der Waals surface area contributed by atoms with Gasteiger partial charge in [0.1, 0.15) is 0 Å². The van der Waals surface area contributed by atoms with Crippen molar-refractivity contribution in [1.82, 2.24) is 4.90 Å². The van der Waals surface area contributed by atoms with Gasteiger partial charge in [0, 0.05) is 6.54 Å². The van der Waals surface area contributed by atoms with Gasteiger partial charge in [-0.05, 0) is 45.7 Å². The largest absolute Gasteiger partial charge is 0.270 e. The highest BCUT2D eigenvalue weighted by molar-refractivity contribution is 6.21. The maximum absolute atomic E-state index is 12.2. The third kappa shape index (κ3) is 3.48. The first-order valence-corrected chi connectivity index (χ1v) is 7.25. The summed E-state index contributed by atoms with van der Waals surface area (Å²) in [5, 5.41) is 0. The minimum absolute atomic E-state index is 0.191. The van der Waals surface area contributed by atoms with Crippen LogP contribution in [-0.2, 0) is 0 Å². The minimum atomic E-state index is -0.191. The van der Waals surface area contributed by atoms with Gasteiger partial charge in [-0.15, -0.1) is 0 Å². The van der Waals surface area contributed by atoms with Crippen LogP contribution in [0.2, 0.25) is 0 Å². The van der Waals surface area contributed by atoms with E-state index in [-0.39, 0.29) is 11.8 Å². The Labute approximate surface area is 126 Å². The molecule has 0 saturated carbocycles. The fourth-order valence-corrected chi connectivity index (χ4v) is 2.34. The molecule has 0 atom stereocenters. The number of rotatable bonds is 5. The Morgan fingerprint density at radius 2 is 1.57 bits per heavy atom. The zero-order chi connectivity index (χ0) is 15.4. The second-order valence-electron chi connectivity index (χ2n) is 5.64. The quantitative estimate of drug-likeness (QED) is 0.605. The molecule has 1 aliphatic heterocycles. The summed E-state index contributed by atoms with van der Waals surface area (Å²) in [6.07, 6.45) is 6.11. The number of hydrogen-bond donors (Lipinski definition) is 0. The lowest BCUT2D eigenvalue weighted by atomic mass is 10.1. The molecule has 1 aromatic carbocycles. The number of amides is 2. The van der Waals surface area contributed by atoms with Gasteiger partial charge in [0.2, 0.25) is 0 Å². The average molecular weight is 283 g/mol. The van der Waals surface area contributed by atoms with Gasteiger partial charge in [0.05, 0.1) is 11.1 Å². The van der Waals surface area contributed by atoms with E-state index < -0.39 is 0 Å². The van der Waals surface area contributed by atoms with Gasteiger partial charge in [-0.2, -0.15) is 0 Å². The monoisotopic (exact) mass is 283 g/mol. The van der Waals surface area contributed by atoms with Crippen molar-refractivity contribution in [3.63, 3.8) is 0 Å². The molecule has 1 aromatic rings. The SMILES string of the molecule is CC(C)=CCC/C(C)=C/CN1C(=O)c2ccccc2C1=O. The number of carbonyl (C=O) groups excluding carboxylic acids is 2. The van der Waals surface area contributed by atoms with Crippen molar-refractivity contribution in [1.29, 1.82) is 0 Å². The van der Waals surface area contributed by atoms with E-state index >= 15 is 0 Å². The Morgan fingerprint density at radius 1 is 1.00 bits per heavy atom. The fraction of sp³-hybridized carbons (Fsp3) is 0.333. The number of carbonyl (C=O) groups is 2. The maximum Gasteiger partial charge on any atom is 0.261 e. The molecule has 3 heteroatoms. The number of fused-ring (bicyclic) bond motifs is 1. The van der Waals surface area contributed by atoms with Crippen LogP contribution in [0, 0.1) is 0 Å². The first kappa shape index (κ1) is 15.2. The molecule has 0 saturated heterocycles. The van der Waals surface area contributed by atoms with E-state index in [9.17, 15) is 9.59 Å². The molecule has 0 spiro atoms. The van der Waals surface area contributed by atoms with Crippen molar-refractivity contribution in [3.8, 4) is 0 Å². The van der Waals surface area contributed by atoms with Crippen molar-refractivity contribution in [2.24, 2.45) is 0 Å². The molecule has 0 aliphatic carbocycles. The summed E-state index contributed by atoms with van der Waals surface area (Å²) in [6.45, 7) is 6.56. The van der Waals surface area contributed by atoms with Crippen LogP contribution in [0.25, 0.3) is 0 Å². The zero-order valence-corrected chi connectivity index (χ0v) is 12.8. The molecule has 0 N–H and O–H groups in total.